The Hall–Kier alpha value is -3.06. The highest BCUT2D eigenvalue weighted by atomic mass is 35.5. The van der Waals surface area contributed by atoms with Crippen LogP contribution in [0.1, 0.15) is 28.4 Å². The highest BCUT2D eigenvalue weighted by Gasteiger charge is 2.25. The number of carbonyl (C=O) groups excluding carboxylic acids is 2. The minimum Gasteiger partial charge on any atom is -0.493 e. The van der Waals surface area contributed by atoms with E-state index >= 15 is 0 Å². The number of methoxy groups -OCH3 is 2. The van der Waals surface area contributed by atoms with Gasteiger partial charge in [-0.05, 0) is 29.8 Å². The Bertz CT molecular complexity index is 914. The van der Waals surface area contributed by atoms with Crippen molar-refractivity contribution in [3.05, 3.63) is 58.6 Å². The fraction of sp³-hybridized carbons (Fsp3) is 0.211. The molecule has 0 bridgehead atoms. The van der Waals surface area contributed by atoms with Gasteiger partial charge in [-0.15, -0.1) is 0 Å². The number of ether oxygens (including phenoxy) is 2. The van der Waals surface area contributed by atoms with Crippen LogP contribution in [0, 0.1) is 0 Å². The van der Waals surface area contributed by atoms with Gasteiger partial charge in [0.05, 0.1) is 26.7 Å². The van der Waals surface area contributed by atoms with E-state index in [0.29, 0.717) is 22.1 Å². The summed E-state index contributed by atoms with van der Waals surface area (Å²) in [5.41, 5.74) is 1.07. The first-order valence-corrected chi connectivity index (χ1v) is 8.55. The molecule has 0 radical (unpaired) electrons. The number of nitrogens with one attached hydrogen (secondary N) is 2. The Labute approximate surface area is 161 Å². The normalized spacial score (nSPS) is 16.2. The van der Waals surface area contributed by atoms with E-state index in [0.717, 1.165) is 5.56 Å². The van der Waals surface area contributed by atoms with E-state index in [9.17, 15) is 9.59 Å². The zero-order chi connectivity index (χ0) is 19.4. The molecular formula is C19H18ClN3O4. The molecule has 140 valence electrons. The molecular weight excluding hydrogens is 370 g/mol. The fourth-order valence-electron chi connectivity index (χ4n) is 2.74. The van der Waals surface area contributed by atoms with E-state index in [4.69, 9.17) is 21.1 Å². The van der Waals surface area contributed by atoms with Gasteiger partial charge in [-0.2, -0.15) is 0 Å². The monoisotopic (exact) mass is 387 g/mol. The maximum absolute atomic E-state index is 12.5. The lowest BCUT2D eigenvalue weighted by molar-refractivity contribution is -0.120. The van der Waals surface area contributed by atoms with Crippen LogP contribution in [0.2, 0.25) is 5.02 Å². The van der Waals surface area contributed by atoms with E-state index < -0.39 is 11.9 Å². The Kier molecular flexibility index (Phi) is 5.61. The van der Waals surface area contributed by atoms with Crippen LogP contribution >= 0.6 is 11.6 Å². The van der Waals surface area contributed by atoms with Crippen LogP contribution in [0.25, 0.3) is 0 Å². The second kappa shape index (κ2) is 8.09. The molecule has 1 unspecified atom stereocenters. The summed E-state index contributed by atoms with van der Waals surface area (Å²) in [6.07, 6.45) is 0.152. The van der Waals surface area contributed by atoms with Gasteiger partial charge in [0.1, 0.15) is 0 Å². The lowest BCUT2D eigenvalue weighted by atomic mass is 10.0. The van der Waals surface area contributed by atoms with Crippen molar-refractivity contribution in [2.75, 3.05) is 14.2 Å². The van der Waals surface area contributed by atoms with E-state index in [1.807, 2.05) is 12.1 Å². The Morgan fingerprint density at radius 3 is 2.63 bits per heavy atom. The second-order valence-electron chi connectivity index (χ2n) is 5.79. The van der Waals surface area contributed by atoms with Gasteiger partial charge in [0.25, 0.3) is 5.91 Å². The Morgan fingerprint density at radius 1 is 1.19 bits per heavy atom. The van der Waals surface area contributed by atoms with Crippen LogP contribution in [0.3, 0.4) is 0 Å². The molecule has 2 aromatic rings. The molecule has 1 heterocycles. The number of aliphatic imine (C=N–C) groups is 1. The summed E-state index contributed by atoms with van der Waals surface area (Å²) in [6, 6.07) is 11.5. The number of guanidine groups is 1. The number of hydrogen-bond donors (Lipinski definition) is 2. The fourth-order valence-corrected chi connectivity index (χ4v) is 3.00. The van der Waals surface area contributed by atoms with Gasteiger partial charge >= 0.3 is 0 Å². The molecule has 0 fully saturated rings. The van der Waals surface area contributed by atoms with Gasteiger partial charge in [0.2, 0.25) is 11.9 Å². The van der Waals surface area contributed by atoms with E-state index in [1.54, 1.807) is 30.3 Å². The van der Waals surface area contributed by atoms with Crippen molar-refractivity contribution in [2.24, 2.45) is 4.99 Å². The van der Waals surface area contributed by atoms with Crippen LogP contribution < -0.4 is 20.1 Å². The number of nitrogens with zero attached hydrogens (tertiary/aromatic N) is 1. The number of carbonyl (C=O) groups is 2. The molecule has 0 saturated carbocycles. The quantitative estimate of drug-likeness (QED) is 0.844. The van der Waals surface area contributed by atoms with Crippen molar-refractivity contribution in [1.82, 2.24) is 10.6 Å². The highest BCUT2D eigenvalue weighted by Crippen LogP contribution is 2.30. The van der Waals surface area contributed by atoms with Crippen LogP contribution in [-0.4, -0.2) is 32.0 Å². The van der Waals surface area contributed by atoms with Crippen molar-refractivity contribution in [2.45, 2.75) is 12.5 Å². The second-order valence-corrected chi connectivity index (χ2v) is 6.20. The topological polar surface area (TPSA) is 89.0 Å². The predicted octanol–water partition coefficient (Wildman–Crippen LogP) is 2.70. The van der Waals surface area contributed by atoms with Crippen molar-refractivity contribution < 1.29 is 19.1 Å². The van der Waals surface area contributed by atoms with Crippen molar-refractivity contribution in [3.63, 3.8) is 0 Å². The summed E-state index contributed by atoms with van der Waals surface area (Å²) in [5.74, 6) is 0.327. The summed E-state index contributed by atoms with van der Waals surface area (Å²) in [5, 5.41) is 5.70. The van der Waals surface area contributed by atoms with Gasteiger partial charge in [-0.1, -0.05) is 29.8 Å². The first-order valence-electron chi connectivity index (χ1n) is 8.17. The van der Waals surface area contributed by atoms with Gasteiger partial charge < -0.3 is 9.47 Å². The zero-order valence-electron chi connectivity index (χ0n) is 14.8. The van der Waals surface area contributed by atoms with Gasteiger partial charge in [0, 0.05) is 10.6 Å². The maximum atomic E-state index is 12.5. The molecule has 8 heteroatoms. The lowest BCUT2D eigenvalue weighted by Crippen LogP contribution is -2.47. The summed E-state index contributed by atoms with van der Waals surface area (Å²) in [4.78, 5) is 29.0. The molecule has 0 aromatic heterocycles. The molecule has 0 aliphatic carbocycles. The maximum Gasteiger partial charge on any atom is 0.258 e. The third-order valence-corrected chi connectivity index (χ3v) is 4.41. The summed E-state index contributed by atoms with van der Waals surface area (Å²) in [6.45, 7) is 0. The smallest absolute Gasteiger partial charge is 0.258 e. The zero-order valence-corrected chi connectivity index (χ0v) is 15.5. The third-order valence-electron chi connectivity index (χ3n) is 4.06. The van der Waals surface area contributed by atoms with Gasteiger partial charge in [0.15, 0.2) is 11.5 Å². The van der Waals surface area contributed by atoms with Crippen molar-refractivity contribution in [3.8, 4) is 11.5 Å². The summed E-state index contributed by atoms with van der Waals surface area (Å²) >= 11 is 6.20. The van der Waals surface area contributed by atoms with Crippen molar-refractivity contribution in [1.29, 1.82) is 0 Å². The van der Waals surface area contributed by atoms with Crippen LogP contribution in [0.5, 0.6) is 11.5 Å². The first-order chi connectivity index (χ1) is 13.0. The average Bonchev–Trinajstić information content (AvgIpc) is 2.67. The molecule has 2 aromatic carbocycles. The van der Waals surface area contributed by atoms with Crippen LogP contribution in [0.4, 0.5) is 0 Å². The van der Waals surface area contributed by atoms with Crippen LogP contribution in [0.15, 0.2) is 47.5 Å². The first kappa shape index (κ1) is 18.7. The number of hydrogen-bond acceptors (Lipinski definition) is 5. The minimum absolute atomic E-state index is 0.0796. The predicted molar refractivity (Wildman–Crippen MR) is 101 cm³/mol. The van der Waals surface area contributed by atoms with Crippen LogP contribution in [-0.2, 0) is 4.79 Å². The van der Waals surface area contributed by atoms with E-state index in [2.05, 4.69) is 15.6 Å². The molecule has 0 saturated heterocycles. The van der Waals surface area contributed by atoms with E-state index in [-0.39, 0.29) is 18.3 Å². The molecule has 1 atom stereocenters. The lowest BCUT2D eigenvalue weighted by Gasteiger charge is -2.22. The third kappa shape index (κ3) is 4.20. The number of halogens is 1. The Morgan fingerprint density at radius 2 is 1.93 bits per heavy atom. The molecule has 2 N–H and O–H groups in total. The Balaban J connectivity index is 1.82. The standard InChI is InChI=1S/C19H18ClN3O4/c1-26-15-8-7-11(9-16(15)27-2)18(25)23-19-21-14(10-17(24)22-19)12-5-3-4-6-13(12)20/h3-9,14H,10H2,1-2H3,(H2,21,22,23,24,25). The molecule has 7 nitrogen and oxygen atoms in total. The molecule has 27 heavy (non-hydrogen) atoms. The minimum atomic E-state index is -0.465. The summed E-state index contributed by atoms with van der Waals surface area (Å²) in [7, 11) is 3.00. The van der Waals surface area contributed by atoms with Gasteiger partial charge in [-0.3, -0.25) is 20.2 Å². The number of benzene rings is 2. The highest BCUT2D eigenvalue weighted by molar-refractivity contribution is 6.31. The van der Waals surface area contributed by atoms with Gasteiger partial charge in [-0.25, -0.2) is 4.99 Å². The molecule has 3 rings (SSSR count). The molecule has 1 aliphatic heterocycles. The SMILES string of the molecule is COc1ccc(C(=O)NC2=NC(c3ccccc3Cl)CC(=O)N2)cc1OC. The largest absolute Gasteiger partial charge is 0.493 e. The number of amides is 2. The number of rotatable bonds is 4. The average molecular weight is 388 g/mol. The molecule has 0 spiro atoms. The van der Waals surface area contributed by atoms with E-state index in [1.165, 1.54) is 14.2 Å². The molecule has 1 aliphatic rings. The summed E-state index contributed by atoms with van der Waals surface area (Å²) < 4.78 is 10.4. The van der Waals surface area contributed by atoms with Crippen molar-refractivity contribution >= 4 is 29.4 Å². The molecule has 2 amide bonds.